The summed E-state index contributed by atoms with van der Waals surface area (Å²) < 4.78 is 37.9. The Labute approximate surface area is 113 Å². The van der Waals surface area contributed by atoms with Crippen molar-refractivity contribution in [2.24, 2.45) is 5.73 Å². The molecule has 2 rings (SSSR count). The van der Waals surface area contributed by atoms with Crippen molar-refractivity contribution < 1.29 is 22.8 Å². The van der Waals surface area contributed by atoms with E-state index in [1.54, 1.807) is 0 Å². The zero-order chi connectivity index (χ0) is 14.9. The number of carbonyl (C=O) groups is 2. The lowest BCUT2D eigenvalue weighted by Gasteiger charge is -2.27. The highest BCUT2D eigenvalue weighted by atomic mass is 19.4. The summed E-state index contributed by atoms with van der Waals surface area (Å²) in [7, 11) is 0. The Morgan fingerprint density at radius 2 is 1.75 bits per heavy atom. The first-order valence-electron chi connectivity index (χ1n) is 6.10. The van der Waals surface area contributed by atoms with Crippen molar-refractivity contribution in [3.05, 3.63) is 29.3 Å². The third-order valence-electron chi connectivity index (χ3n) is 3.15. The lowest BCUT2D eigenvalue weighted by Crippen LogP contribution is -2.40. The number of benzene rings is 1. The fourth-order valence-corrected chi connectivity index (χ4v) is 2.17. The van der Waals surface area contributed by atoms with Crippen molar-refractivity contribution in [2.45, 2.75) is 32.0 Å². The fraction of sp³-hybridized carbons (Fsp3) is 0.385. The van der Waals surface area contributed by atoms with Gasteiger partial charge in [-0.2, -0.15) is 13.2 Å². The Kier molecular flexibility index (Phi) is 3.80. The number of halogens is 3. The van der Waals surface area contributed by atoms with Crippen LogP contribution in [-0.4, -0.2) is 11.8 Å². The monoisotopic (exact) mass is 286 g/mol. The van der Waals surface area contributed by atoms with Crippen molar-refractivity contribution >= 4 is 17.5 Å². The van der Waals surface area contributed by atoms with Gasteiger partial charge in [0.1, 0.15) is 0 Å². The third kappa shape index (κ3) is 2.67. The van der Waals surface area contributed by atoms with Crippen LogP contribution in [0.5, 0.6) is 0 Å². The third-order valence-corrected chi connectivity index (χ3v) is 3.15. The zero-order valence-electron chi connectivity index (χ0n) is 10.5. The van der Waals surface area contributed by atoms with Crippen LogP contribution in [0, 0.1) is 0 Å². The van der Waals surface area contributed by atoms with Gasteiger partial charge in [0.05, 0.1) is 11.3 Å². The van der Waals surface area contributed by atoms with Crippen LogP contribution >= 0.6 is 0 Å². The van der Waals surface area contributed by atoms with E-state index in [1.165, 1.54) is 0 Å². The summed E-state index contributed by atoms with van der Waals surface area (Å²) >= 11 is 0. The van der Waals surface area contributed by atoms with Crippen LogP contribution in [0.3, 0.4) is 0 Å². The van der Waals surface area contributed by atoms with Crippen LogP contribution in [0.4, 0.5) is 18.9 Å². The summed E-state index contributed by atoms with van der Waals surface area (Å²) in [6, 6.07) is 2.86. The molecule has 7 heteroatoms. The second kappa shape index (κ2) is 5.24. The van der Waals surface area contributed by atoms with Crippen molar-refractivity contribution in [2.75, 3.05) is 4.90 Å². The molecule has 2 amide bonds. The molecule has 20 heavy (non-hydrogen) atoms. The molecule has 1 aromatic rings. The van der Waals surface area contributed by atoms with Gasteiger partial charge in [0, 0.05) is 19.4 Å². The maximum atomic E-state index is 12.6. The Morgan fingerprint density at radius 1 is 1.15 bits per heavy atom. The van der Waals surface area contributed by atoms with E-state index in [1.807, 2.05) is 0 Å². The van der Waals surface area contributed by atoms with Gasteiger partial charge in [-0.15, -0.1) is 0 Å². The van der Waals surface area contributed by atoms with Crippen LogP contribution in [0.25, 0.3) is 0 Å². The van der Waals surface area contributed by atoms with Gasteiger partial charge in [-0.05, 0) is 30.2 Å². The lowest BCUT2D eigenvalue weighted by molar-refractivity contribution is -0.137. The molecule has 108 valence electrons. The van der Waals surface area contributed by atoms with Gasteiger partial charge in [-0.1, -0.05) is 0 Å². The number of anilines is 1. The van der Waals surface area contributed by atoms with Gasteiger partial charge in [-0.25, -0.2) is 0 Å². The predicted octanol–water partition coefficient (Wildman–Crippen LogP) is 2.21. The molecule has 0 bridgehead atoms. The first-order chi connectivity index (χ1) is 9.34. The highest BCUT2D eigenvalue weighted by Gasteiger charge is 2.33. The second-order valence-electron chi connectivity index (χ2n) is 4.52. The number of hydrogen-bond donors (Lipinski definition) is 1. The van der Waals surface area contributed by atoms with Crippen LogP contribution < -0.4 is 10.6 Å². The van der Waals surface area contributed by atoms with E-state index in [-0.39, 0.29) is 30.6 Å². The van der Waals surface area contributed by atoms with E-state index < -0.39 is 23.6 Å². The van der Waals surface area contributed by atoms with E-state index in [4.69, 9.17) is 5.73 Å². The molecule has 0 radical (unpaired) electrons. The SMILES string of the molecule is NCc1cc(C(F)(F)F)ccc1N1C(=O)CCCC1=O. The number of imide groups is 1. The minimum atomic E-state index is -4.49. The fourth-order valence-electron chi connectivity index (χ4n) is 2.17. The van der Waals surface area contributed by atoms with E-state index in [0.29, 0.717) is 6.42 Å². The molecule has 1 heterocycles. The summed E-state index contributed by atoms with van der Waals surface area (Å²) in [6.07, 6.45) is -3.61. The number of nitrogens with two attached hydrogens (primary N) is 1. The summed E-state index contributed by atoms with van der Waals surface area (Å²) in [5, 5.41) is 0. The Bertz CT molecular complexity index is 539. The normalized spacial score (nSPS) is 16.7. The molecule has 1 aliphatic rings. The zero-order valence-corrected chi connectivity index (χ0v) is 10.5. The number of alkyl halides is 3. The van der Waals surface area contributed by atoms with Gasteiger partial charge in [0.2, 0.25) is 11.8 Å². The molecule has 0 unspecified atom stereocenters. The summed E-state index contributed by atoms with van der Waals surface area (Å²) in [4.78, 5) is 24.5. The van der Waals surface area contributed by atoms with Crippen LogP contribution in [0.1, 0.15) is 30.4 Å². The van der Waals surface area contributed by atoms with Gasteiger partial charge in [-0.3, -0.25) is 14.5 Å². The largest absolute Gasteiger partial charge is 0.416 e. The van der Waals surface area contributed by atoms with Crippen molar-refractivity contribution in [3.63, 3.8) is 0 Å². The van der Waals surface area contributed by atoms with Crippen molar-refractivity contribution in [3.8, 4) is 0 Å². The standard InChI is InChI=1S/C13H13F3N2O2/c14-13(15,16)9-4-5-10(8(6-9)7-17)18-11(19)2-1-3-12(18)20/h4-6H,1-3,7,17H2. The van der Waals surface area contributed by atoms with E-state index in [9.17, 15) is 22.8 Å². The van der Waals surface area contributed by atoms with Gasteiger partial charge in [0.15, 0.2) is 0 Å². The second-order valence-corrected chi connectivity index (χ2v) is 4.52. The van der Waals surface area contributed by atoms with Gasteiger partial charge >= 0.3 is 6.18 Å². The number of rotatable bonds is 2. The van der Waals surface area contributed by atoms with Gasteiger partial charge < -0.3 is 5.73 Å². The molecule has 1 fully saturated rings. The quantitative estimate of drug-likeness (QED) is 0.848. The number of carbonyl (C=O) groups excluding carboxylic acids is 2. The lowest BCUT2D eigenvalue weighted by atomic mass is 10.0. The Hall–Kier alpha value is -1.89. The van der Waals surface area contributed by atoms with Crippen molar-refractivity contribution in [1.29, 1.82) is 0 Å². The first kappa shape index (κ1) is 14.5. The molecule has 4 nitrogen and oxygen atoms in total. The topological polar surface area (TPSA) is 63.4 Å². The molecule has 0 aromatic heterocycles. The smallest absolute Gasteiger partial charge is 0.326 e. The number of hydrogen-bond acceptors (Lipinski definition) is 3. The minimum Gasteiger partial charge on any atom is -0.326 e. The number of piperidine rings is 1. The minimum absolute atomic E-state index is 0.128. The number of amides is 2. The highest BCUT2D eigenvalue weighted by Crippen LogP contribution is 2.34. The molecule has 0 saturated carbocycles. The first-order valence-corrected chi connectivity index (χ1v) is 6.10. The van der Waals surface area contributed by atoms with E-state index in [2.05, 4.69) is 0 Å². The van der Waals surface area contributed by atoms with Gasteiger partial charge in [0.25, 0.3) is 0 Å². The maximum absolute atomic E-state index is 12.6. The van der Waals surface area contributed by atoms with Crippen LogP contribution in [0.15, 0.2) is 18.2 Å². The molecule has 1 aliphatic heterocycles. The summed E-state index contributed by atoms with van der Waals surface area (Å²) in [5.74, 6) is -0.814. The Morgan fingerprint density at radius 3 is 2.25 bits per heavy atom. The highest BCUT2D eigenvalue weighted by molar-refractivity contribution is 6.16. The van der Waals surface area contributed by atoms with Crippen molar-refractivity contribution in [1.82, 2.24) is 0 Å². The molecule has 0 atom stereocenters. The summed E-state index contributed by atoms with van der Waals surface area (Å²) in [6.45, 7) is -0.184. The predicted molar refractivity (Wildman–Crippen MR) is 65.7 cm³/mol. The molecule has 1 saturated heterocycles. The van der Waals surface area contributed by atoms with E-state index >= 15 is 0 Å². The van der Waals surface area contributed by atoms with Crippen LogP contribution in [-0.2, 0) is 22.3 Å². The molecule has 1 aromatic carbocycles. The average Bonchev–Trinajstić information content (AvgIpc) is 2.37. The summed E-state index contributed by atoms with van der Waals surface area (Å²) in [5.41, 5.74) is 4.87. The maximum Gasteiger partial charge on any atom is 0.416 e. The van der Waals surface area contributed by atoms with E-state index in [0.717, 1.165) is 23.1 Å². The molecule has 2 N–H and O–H groups in total. The molecule has 0 spiro atoms. The molecule has 0 aliphatic carbocycles. The number of nitrogens with zero attached hydrogens (tertiary/aromatic N) is 1. The molecular weight excluding hydrogens is 273 g/mol. The molecular formula is C13H13F3N2O2. The van der Waals surface area contributed by atoms with Crippen LogP contribution in [0.2, 0.25) is 0 Å². The average molecular weight is 286 g/mol. The Balaban J connectivity index is 2.46.